The number of nitro benzene ring substituents is 1. The Morgan fingerprint density at radius 1 is 1.14 bits per heavy atom. The molecule has 0 bridgehead atoms. The molecule has 3 aromatic rings. The minimum Gasteiger partial charge on any atom is -0.321 e. The second-order valence-electron chi connectivity index (χ2n) is 8.33. The van der Waals surface area contributed by atoms with E-state index in [1.807, 2.05) is 58.0 Å². The third-order valence-corrected chi connectivity index (χ3v) is 5.21. The monoisotopic (exact) mass is 390 g/mol. The van der Waals surface area contributed by atoms with Gasteiger partial charge in [-0.3, -0.25) is 20.0 Å². The van der Waals surface area contributed by atoms with Crippen molar-refractivity contribution in [2.24, 2.45) is 0 Å². The summed E-state index contributed by atoms with van der Waals surface area (Å²) in [7, 11) is 0. The Morgan fingerprint density at radius 2 is 1.83 bits per heavy atom. The van der Waals surface area contributed by atoms with Crippen LogP contribution in [0.1, 0.15) is 54.0 Å². The largest absolute Gasteiger partial charge is 0.321 e. The first-order chi connectivity index (χ1) is 13.7. The molecule has 2 heterocycles. The van der Waals surface area contributed by atoms with Gasteiger partial charge in [-0.15, -0.1) is 0 Å². The maximum atomic E-state index is 13.3. The molecule has 2 aromatic carbocycles. The molecule has 1 aliphatic rings. The number of nitrogens with zero attached hydrogens (tertiary/aromatic N) is 3. The second-order valence-corrected chi connectivity index (χ2v) is 8.33. The van der Waals surface area contributed by atoms with Crippen LogP contribution in [-0.2, 0) is 0 Å². The number of nitro groups is 1. The van der Waals surface area contributed by atoms with Crippen LogP contribution in [0.3, 0.4) is 0 Å². The summed E-state index contributed by atoms with van der Waals surface area (Å²) in [5, 5.41) is 18.7. The van der Waals surface area contributed by atoms with Gasteiger partial charge < -0.3 is 4.90 Å². The van der Waals surface area contributed by atoms with Gasteiger partial charge in [0.2, 0.25) is 0 Å². The highest BCUT2D eigenvalue weighted by atomic mass is 16.6. The lowest BCUT2D eigenvalue weighted by Gasteiger charge is -2.37. The van der Waals surface area contributed by atoms with Gasteiger partial charge in [0.25, 0.3) is 11.6 Å². The Hall–Kier alpha value is -3.48. The van der Waals surface area contributed by atoms with Crippen molar-refractivity contribution in [2.75, 3.05) is 0 Å². The SMILES string of the molecule is Cc1ccc(-c2n[nH]c3c2C(c2cccc([N+](=O)[O-])c2)N(C(C)(C)C)C3=O)cc1. The van der Waals surface area contributed by atoms with Gasteiger partial charge >= 0.3 is 0 Å². The van der Waals surface area contributed by atoms with Crippen LogP contribution >= 0.6 is 0 Å². The van der Waals surface area contributed by atoms with E-state index in [1.54, 1.807) is 11.0 Å². The number of carbonyl (C=O) groups is 1. The molecular weight excluding hydrogens is 368 g/mol. The highest BCUT2D eigenvalue weighted by molar-refractivity contribution is 6.00. The van der Waals surface area contributed by atoms with Crippen LogP contribution in [0.4, 0.5) is 5.69 Å². The first kappa shape index (κ1) is 18.9. The number of benzene rings is 2. The second kappa shape index (κ2) is 6.55. The summed E-state index contributed by atoms with van der Waals surface area (Å²) in [6, 6.07) is 14.0. The lowest BCUT2D eigenvalue weighted by Crippen LogP contribution is -2.44. The van der Waals surface area contributed by atoms with E-state index in [-0.39, 0.29) is 11.6 Å². The summed E-state index contributed by atoms with van der Waals surface area (Å²) in [6.45, 7) is 7.88. The fraction of sp³-hybridized carbons (Fsp3) is 0.273. The number of fused-ring (bicyclic) bond motifs is 1. The standard InChI is InChI=1S/C22H22N4O3/c1-13-8-10-14(11-9-13)18-17-19(24-23-18)21(27)25(22(2,3)4)20(17)15-6-5-7-16(12-15)26(28)29/h5-12,20H,1-4H3,(H,23,24). The summed E-state index contributed by atoms with van der Waals surface area (Å²) in [5.41, 5.74) is 4.11. The Bertz CT molecular complexity index is 1110. The summed E-state index contributed by atoms with van der Waals surface area (Å²) in [4.78, 5) is 26.0. The van der Waals surface area contributed by atoms with Crippen LogP contribution in [-0.4, -0.2) is 31.5 Å². The molecule has 1 amide bonds. The van der Waals surface area contributed by atoms with Crippen LogP contribution in [0.2, 0.25) is 0 Å². The summed E-state index contributed by atoms with van der Waals surface area (Å²) in [5.74, 6) is -0.158. The van der Waals surface area contributed by atoms with E-state index < -0.39 is 16.5 Å². The number of non-ortho nitro benzene ring substituents is 1. The Morgan fingerprint density at radius 3 is 2.45 bits per heavy atom. The zero-order chi connectivity index (χ0) is 20.9. The zero-order valence-electron chi connectivity index (χ0n) is 16.8. The van der Waals surface area contributed by atoms with Crippen LogP contribution < -0.4 is 0 Å². The fourth-order valence-electron chi connectivity index (χ4n) is 3.89. The van der Waals surface area contributed by atoms with Gasteiger partial charge in [0.15, 0.2) is 0 Å². The molecule has 1 unspecified atom stereocenters. The number of hydrogen-bond acceptors (Lipinski definition) is 4. The molecule has 0 fully saturated rings. The number of hydrogen-bond donors (Lipinski definition) is 1. The van der Waals surface area contributed by atoms with Crippen LogP contribution in [0.15, 0.2) is 48.5 Å². The number of aryl methyl sites for hydroxylation is 1. The van der Waals surface area contributed by atoms with Crippen molar-refractivity contribution in [2.45, 2.75) is 39.3 Å². The van der Waals surface area contributed by atoms with Crippen LogP contribution in [0, 0.1) is 17.0 Å². The molecule has 0 saturated carbocycles. The normalized spacial score (nSPS) is 16.2. The van der Waals surface area contributed by atoms with E-state index in [0.29, 0.717) is 17.0 Å². The lowest BCUT2D eigenvalue weighted by molar-refractivity contribution is -0.384. The highest BCUT2D eigenvalue weighted by Gasteiger charge is 2.46. The molecule has 7 nitrogen and oxygen atoms in total. The summed E-state index contributed by atoms with van der Waals surface area (Å²) in [6.07, 6.45) is 0. The molecule has 148 valence electrons. The van der Waals surface area contributed by atoms with E-state index in [4.69, 9.17) is 0 Å². The minimum atomic E-state index is -0.489. The number of aromatic nitrogens is 2. The average Bonchev–Trinajstić information content (AvgIpc) is 3.21. The van der Waals surface area contributed by atoms with Crippen molar-refractivity contribution in [1.82, 2.24) is 15.1 Å². The Labute approximate surface area is 168 Å². The van der Waals surface area contributed by atoms with Crippen molar-refractivity contribution < 1.29 is 9.72 Å². The first-order valence-electron chi connectivity index (χ1n) is 9.42. The van der Waals surface area contributed by atoms with Crippen molar-refractivity contribution in [3.05, 3.63) is 81.0 Å². The predicted octanol–water partition coefficient (Wildman–Crippen LogP) is 4.64. The van der Waals surface area contributed by atoms with Gasteiger partial charge in [0.05, 0.1) is 16.7 Å². The molecule has 7 heteroatoms. The van der Waals surface area contributed by atoms with Gasteiger partial charge in [-0.25, -0.2) is 0 Å². The third kappa shape index (κ3) is 3.08. The van der Waals surface area contributed by atoms with E-state index in [2.05, 4.69) is 10.2 Å². The first-order valence-corrected chi connectivity index (χ1v) is 9.42. The topological polar surface area (TPSA) is 92.1 Å². The molecule has 1 atom stereocenters. The number of carbonyl (C=O) groups excluding carboxylic acids is 1. The smallest absolute Gasteiger partial charge is 0.273 e. The quantitative estimate of drug-likeness (QED) is 0.521. The van der Waals surface area contributed by atoms with Gasteiger partial charge in [-0.2, -0.15) is 5.10 Å². The molecule has 0 radical (unpaired) electrons. The average molecular weight is 390 g/mol. The molecular formula is C22H22N4O3. The molecule has 1 aromatic heterocycles. The maximum Gasteiger partial charge on any atom is 0.273 e. The van der Waals surface area contributed by atoms with Gasteiger partial charge in [-0.05, 0) is 33.3 Å². The number of nitrogens with one attached hydrogen (secondary N) is 1. The predicted molar refractivity (Wildman–Crippen MR) is 110 cm³/mol. The Kier molecular flexibility index (Phi) is 4.26. The lowest BCUT2D eigenvalue weighted by atomic mass is 9.93. The van der Waals surface area contributed by atoms with E-state index in [9.17, 15) is 14.9 Å². The van der Waals surface area contributed by atoms with Gasteiger partial charge in [-0.1, -0.05) is 42.0 Å². The molecule has 4 rings (SSSR count). The number of amides is 1. The zero-order valence-corrected chi connectivity index (χ0v) is 16.8. The number of aromatic amines is 1. The van der Waals surface area contributed by atoms with Crippen molar-refractivity contribution in [3.8, 4) is 11.3 Å². The molecule has 0 aliphatic carbocycles. The molecule has 0 spiro atoms. The van der Waals surface area contributed by atoms with Crippen LogP contribution in [0.5, 0.6) is 0 Å². The molecule has 0 saturated heterocycles. The summed E-state index contributed by atoms with van der Waals surface area (Å²) >= 11 is 0. The highest BCUT2D eigenvalue weighted by Crippen LogP contribution is 2.46. The van der Waals surface area contributed by atoms with Crippen molar-refractivity contribution in [3.63, 3.8) is 0 Å². The van der Waals surface area contributed by atoms with E-state index >= 15 is 0 Å². The molecule has 1 N–H and O–H groups in total. The number of rotatable bonds is 3. The van der Waals surface area contributed by atoms with Crippen LogP contribution in [0.25, 0.3) is 11.3 Å². The minimum absolute atomic E-state index is 0.00219. The van der Waals surface area contributed by atoms with Crippen molar-refractivity contribution in [1.29, 1.82) is 0 Å². The van der Waals surface area contributed by atoms with Gasteiger partial charge in [0, 0.05) is 28.8 Å². The molecule has 1 aliphatic heterocycles. The number of H-pyrrole nitrogens is 1. The Balaban J connectivity index is 1.94. The third-order valence-electron chi connectivity index (χ3n) is 5.21. The van der Waals surface area contributed by atoms with Gasteiger partial charge in [0.1, 0.15) is 5.69 Å². The fourth-order valence-corrected chi connectivity index (χ4v) is 3.89. The van der Waals surface area contributed by atoms with E-state index in [0.717, 1.165) is 16.7 Å². The maximum absolute atomic E-state index is 13.3. The van der Waals surface area contributed by atoms with Crippen molar-refractivity contribution >= 4 is 11.6 Å². The van der Waals surface area contributed by atoms with E-state index in [1.165, 1.54) is 12.1 Å². The molecule has 29 heavy (non-hydrogen) atoms. The summed E-state index contributed by atoms with van der Waals surface area (Å²) < 4.78 is 0.